The van der Waals surface area contributed by atoms with Crippen LogP contribution in [0.1, 0.15) is 0 Å². The summed E-state index contributed by atoms with van der Waals surface area (Å²) in [4.78, 5) is 0. The monoisotopic (exact) mass is 78.0 g/mol. The van der Waals surface area contributed by atoms with Crippen molar-refractivity contribution in [1.29, 1.82) is 0 Å². The molecule has 0 aliphatic carbocycles. The normalized spacial score (nSPS) is 1.50. The van der Waals surface area contributed by atoms with Gasteiger partial charge in [-0.3, -0.25) is 0 Å². The molecule has 16 valence electrons. The van der Waals surface area contributed by atoms with Gasteiger partial charge in [0.2, 0.25) is 0 Å². The Morgan fingerprint density at radius 2 is 1.00 bits per heavy atom. The van der Waals surface area contributed by atoms with Crippen LogP contribution in [0.4, 0.5) is 0 Å². The van der Waals surface area contributed by atoms with Crippen molar-refractivity contribution in [1.82, 2.24) is 0 Å². The predicted octanol–water partition coefficient (Wildman–Crippen LogP) is -1.15. The second-order valence-corrected chi connectivity index (χ2v) is 0. The Hall–Kier alpha value is 1.96. The molecular weight excluding hydrogens is 74.0 g/mol. The van der Waals surface area contributed by atoms with Crippen LogP contribution in [0, 0.1) is 0 Å². The minimum absolute atomic E-state index is 0. The molecule has 0 spiro atoms. The fourth-order valence-corrected chi connectivity index (χ4v) is 0. The Morgan fingerprint density at radius 1 is 1.00 bits per heavy atom. The van der Waals surface area contributed by atoms with Gasteiger partial charge in [-0.1, -0.05) is 0 Å². The fourth-order valence-electron chi connectivity index (χ4n) is 0. The second-order valence-electron chi connectivity index (χ2n) is 0. The van der Waals surface area contributed by atoms with E-state index in [2.05, 4.69) is 0 Å². The first kappa shape index (κ1) is 16.7. The third kappa shape index (κ3) is 9.03. The van der Waals surface area contributed by atoms with Crippen LogP contribution in [-0.2, 0) is 0 Å². The molecule has 0 saturated heterocycles. The van der Waals surface area contributed by atoms with E-state index < -0.39 is 0 Å². The van der Waals surface area contributed by atoms with Gasteiger partial charge in [-0.15, -0.1) is 0 Å². The molecule has 0 aromatic carbocycles. The Kier molecular flexibility index (Phi) is 84.7. The van der Waals surface area contributed by atoms with Gasteiger partial charge in [-0.25, -0.2) is 0 Å². The molecule has 1 nitrogen and oxygen atoms in total. The smallest absolute Gasteiger partial charge is 0.0319 e. The van der Waals surface area contributed by atoms with Gasteiger partial charge in [0.15, 0.2) is 0 Å². The molecule has 0 rings (SSSR count). The molecule has 0 unspecified atom stereocenters. The largest absolute Gasteiger partial charge is 0.400 e. The van der Waals surface area contributed by atoms with Crippen LogP contribution in [0.25, 0.3) is 0 Å². The van der Waals surface area contributed by atoms with Gasteiger partial charge < -0.3 is 5.11 Å². The molecular formula is CH4Na2O. The van der Waals surface area contributed by atoms with E-state index in [1.807, 2.05) is 0 Å². The summed E-state index contributed by atoms with van der Waals surface area (Å²) in [5, 5.41) is 7.00. The van der Waals surface area contributed by atoms with Crippen LogP contribution >= 0.6 is 0 Å². The van der Waals surface area contributed by atoms with Gasteiger partial charge in [-0.2, -0.15) is 0 Å². The van der Waals surface area contributed by atoms with Gasteiger partial charge >= 0.3 is 0 Å². The Balaban J connectivity index is -0.00000000500. The van der Waals surface area contributed by atoms with E-state index in [4.69, 9.17) is 5.11 Å². The summed E-state index contributed by atoms with van der Waals surface area (Å²) in [6.07, 6.45) is 0. The summed E-state index contributed by atoms with van der Waals surface area (Å²) < 4.78 is 0. The summed E-state index contributed by atoms with van der Waals surface area (Å²) in [5.41, 5.74) is 0. The molecule has 0 saturated carbocycles. The Bertz CT molecular complexity index is 6.00. The molecule has 0 bridgehead atoms. The van der Waals surface area contributed by atoms with Crippen LogP contribution in [-0.4, -0.2) is 71.3 Å². The van der Waals surface area contributed by atoms with Crippen molar-refractivity contribution in [2.45, 2.75) is 0 Å². The maximum absolute atomic E-state index is 7.00. The van der Waals surface area contributed by atoms with E-state index in [1.54, 1.807) is 0 Å². The van der Waals surface area contributed by atoms with Crippen LogP contribution < -0.4 is 0 Å². The van der Waals surface area contributed by atoms with Crippen molar-refractivity contribution in [2.75, 3.05) is 7.11 Å². The van der Waals surface area contributed by atoms with Crippen molar-refractivity contribution in [3.8, 4) is 0 Å². The molecule has 1 N–H and O–H groups in total. The number of aliphatic hydroxyl groups is 1. The number of hydrogen-bond donors (Lipinski definition) is 1. The summed E-state index contributed by atoms with van der Waals surface area (Å²) in [7, 11) is 1.00. The average Bonchev–Trinajstić information content (AvgIpc) is 1.00. The minimum atomic E-state index is 0. The molecule has 0 aliphatic heterocycles. The summed E-state index contributed by atoms with van der Waals surface area (Å²) in [6, 6.07) is 0. The summed E-state index contributed by atoms with van der Waals surface area (Å²) >= 11 is 0. The zero-order valence-corrected chi connectivity index (χ0v) is 7.45. The zero-order valence-electron chi connectivity index (χ0n) is 3.45. The molecule has 0 heterocycles. The van der Waals surface area contributed by atoms with Gasteiger partial charge in [0.05, 0.1) is 0 Å². The van der Waals surface area contributed by atoms with Gasteiger partial charge in [0.1, 0.15) is 0 Å². The van der Waals surface area contributed by atoms with Gasteiger partial charge in [-0.05, 0) is 0 Å². The maximum Gasteiger partial charge on any atom is 0.0319 e. The van der Waals surface area contributed by atoms with Crippen molar-refractivity contribution in [3.05, 3.63) is 0 Å². The summed E-state index contributed by atoms with van der Waals surface area (Å²) in [6.45, 7) is 0. The molecule has 0 fully saturated rings. The third-order valence-corrected chi connectivity index (χ3v) is 0. The minimum Gasteiger partial charge on any atom is -0.400 e. The predicted molar refractivity (Wildman–Crippen MR) is 19.7 cm³/mol. The maximum atomic E-state index is 7.00. The molecule has 0 aromatic heterocycles. The van der Waals surface area contributed by atoms with Gasteiger partial charge in [0, 0.05) is 66.2 Å². The van der Waals surface area contributed by atoms with Crippen molar-refractivity contribution >= 4 is 59.1 Å². The van der Waals surface area contributed by atoms with E-state index in [-0.39, 0.29) is 59.1 Å². The SMILES string of the molecule is CO.[Na].[Na]. The van der Waals surface area contributed by atoms with E-state index >= 15 is 0 Å². The first-order valence-corrected chi connectivity index (χ1v) is 0.447. The van der Waals surface area contributed by atoms with Crippen molar-refractivity contribution in [3.63, 3.8) is 0 Å². The molecule has 4 heavy (non-hydrogen) atoms. The molecule has 0 amide bonds. The quantitative estimate of drug-likeness (QED) is 0.362. The van der Waals surface area contributed by atoms with Crippen molar-refractivity contribution in [2.24, 2.45) is 0 Å². The number of hydrogen-bond acceptors (Lipinski definition) is 1. The molecule has 0 atom stereocenters. The van der Waals surface area contributed by atoms with Crippen LogP contribution in [0.3, 0.4) is 0 Å². The van der Waals surface area contributed by atoms with E-state index in [0.29, 0.717) is 0 Å². The Labute approximate surface area is 70.4 Å². The summed E-state index contributed by atoms with van der Waals surface area (Å²) in [5.74, 6) is 0. The van der Waals surface area contributed by atoms with Crippen LogP contribution in [0.15, 0.2) is 0 Å². The molecule has 2 radical (unpaired) electrons. The topological polar surface area (TPSA) is 20.2 Å². The first-order chi connectivity index (χ1) is 1.00. The van der Waals surface area contributed by atoms with Gasteiger partial charge in [0.25, 0.3) is 0 Å². The number of rotatable bonds is 0. The van der Waals surface area contributed by atoms with E-state index in [9.17, 15) is 0 Å². The number of aliphatic hydroxyl groups excluding tert-OH is 1. The molecule has 0 aliphatic rings. The van der Waals surface area contributed by atoms with E-state index in [1.165, 1.54) is 0 Å². The standard InChI is InChI=1S/CH4O.2Na/c1-2;;/h2H,1H3;;. The first-order valence-electron chi connectivity index (χ1n) is 0.447. The van der Waals surface area contributed by atoms with Crippen LogP contribution in [0.5, 0.6) is 0 Å². The van der Waals surface area contributed by atoms with Crippen LogP contribution in [0.2, 0.25) is 0 Å². The second kappa shape index (κ2) is 20.2. The van der Waals surface area contributed by atoms with E-state index in [0.717, 1.165) is 7.11 Å². The fraction of sp³-hybridized carbons (Fsp3) is 1.00. The van der Waals surface area contributed by atoms with Crippen molar-refractivity contribution < 1.29 is 5.11 Å². The zero-order chi connectivity index (χ0) is 2.00. The average molecular weight is 78.0 g/mol. The third-order valence-electron chi connectivity index (χ3n) is 0. The molecule has 0 aromatic rings. The Morgan fingerprint density at radius 3 is 1.00 bits per heavy atom. The molecule has 3 heteroatoms.